The van der Waals surface area contributed by atoms with Gasteiger partial charge < -0.3 is 19.9 Å². The largest absolute Gasteiger partial charge is 0.493 e. The minimum atomic E-state index is 0.0870. The van der Waals surface area contributed by atoms with E-state index in [1.54, 1.807) is 14.2 Å². The maximum Gasteiger partial charge on any atom is 0.161 e. The molecule has 0 aliphatic carbocycles. The van der Waals surface area contributed by atoms with Gasteiger partial charge in [-0.2, -0.15) is 0 Å². The number of rotatable bonds is 6. The highest BCUT2D eigenvalue weighted by atomic mass is 32.1. The van der Waals surface area contributed by atoms with Gasteiger partial charge in [-0.1, -0.05) is 6.07 Å². The van der Waals surface area contributed by atoms with Crippen LogP contribution < -0.4 is 19.9 Å². The van der Waals surface area contributed by atoms with Crippen LogP contribution >= 0.6 is 11.3 Å². The van der Waals surface area contributed by atoms with Gasteiger partial charge in [0.2, 0.25) is 0 Å². The molecule has 3 rings (SSSR count). The molecule has 24 heavy (non-hydrogen) atoms. The average molecular weight is 342 g/mol. The molecule has 0 aliphatic rings. The molecule has 5 nitrogen and oxygen atoms in total. The fraction of sp³-hybridized carbons (Fsp3) is 0.167. The van der Waals surface area contributed by atoms with Crippen molar-refractivity contribution in [1.29, 1.82) is 5.41 Å². The van der Waals surface area contributed by atoms with E-state index in [0.29, 0.717) is 18.1 Å². The Morgan fingerprint density at radius 3 is 2.54 bits per heavy atom. The Labute approximate surface area is 144 Å². The number of ether oxygens (including phenoxy) is 3. The van der Waals surface area contributed by atoms with Crippen molar-refractivity contribution in [3.8, 4) is 17.2 Å². The second kappa shape index (κ2) is 6.80. The first kappa shape index (κ1) is 16.1. The van der Waals surface area contributed by atoms with E-state index < -0.39 is 0 Å². The number of nitrogen functional groups attached to an aromatic ring is 1. The molecule has 0 unspecified atom stereocenters. The Hall–Kier alpha value is -2.73. The average Bonchev–Trinajstić information content (AvgIpc) is 3.03. The molecule has 124 valence electrons. The van der Waals surface area contributed by atoms with Gasteiger partial charge in [0.05, 0.1) is 19.1 Å². The SMILES string of the molecule is COc1ccc(COc2ccc3cc(C(=N)N)sc3c2)cc1OC. The van der Waals surface area contributed by atoms with Gasteiger partial charge in [0, 0.05) is 4.70 Å². The molecule has 0 fully saturated rings. The number of methoxy groups -OCH3 is 2. The topological polar surface area (TPSA) is 77.6 Å². The third-order valence-electron chi connectivity index (χ3n) is 3.61. The Morgan fingerprint density at radius 1 is 1.04 bits per heavy atom. The molecule has 0 spiro atoms. The van der Waals surface area contributed by atoms with Gasteiger partial charge >= 0.3 is 0 Å². The zero-order valence-electron chi connectivity index (χ0n) is 13.5. The molecule has 0 atom stereocenters. The van der Waals surface area contributed by atoms with Crippen LogP contribution in [-0.2, 0) is 6.61 Å². The summed E-state index contributed by atoms with van der Waals surface area (Å²) in [6.45, 7) is 0.427. The first-order chi connectivity index (χ1) is 11.6. The second-order valence-corrected chi connectivity index (χ2v) is 6.29. The molecule has 1 heterocycles. The van der Waals surface area contributed by atoms with Crippen LogP contribution in [0.2, 0.25) is 0 Å². The predicted molar refractivity (Wildman–Crippen MR) is 96.7 cm³/mol. The zero-order chi connectivity index (χ0) is 17.1. The summed E-state index contributed by atoms with van der Waals surface area (Å²) in [7, 11) is 3.22. The summed E-state index contributed by atoms with van der Waals surface area (Å²) >= 11 is 1.49. The van der Waals surface area contributed by atoms with Crippen molar-refractivity contribution in [3.63, 3.8) is 0 Å². The first-order valence-corrected chi connectivity index (χ1v) is 8.14. The number of benzene rings is 2. The van der Waals surface area contributed by atoms with Crippen molar-refractivity contribution in [2.45, 2.75) is 6.61 Å². The Balaban J connectivity index is 1.76. The highest BCUT2D eigenvalue weighted by Gasteiger charge is 2.07. The molecule has 1 aromatic heterocycles. The van der Waals surface area contributed by atoms with E-state index in [-0.39, 0.29) is 5.84 Å². The van der Waals surface area contributed by atoms with Crippen molar-refractivity contribution in [2.24, 2.45) is 5.73 Å². The van der Waals surface area contributed by atoms with Crippen LogP contribution in [0.5, 0.6) is 17.2 Å². The lowest BCUT2D eigenvalue weighted by Gasteiger charge is -2.10. The van der Waals surface area contributed by atoms with Gasteiger partial charge in [0.1, 0.15) is 18.2 Å². The van der Waals surface area contributed by atoms with Gasteiger partial charge in [-0.05, 0) is 47.3 Å². The lowest BCUT2D eigenvalue weighted by molar-refractivity contribution is 0.304. The summed E-state index contributed by atoms with van der Waals surface area (Å²) in [5, 5.41) is 8.58. The Bertz CT molecular complexity index is 889. The summed E-state index contributed by atoms with van der Waals surface area (Å²) in [5.74, 6) is 2.23. The molecule has 0 amide bonds. The zero-order valence-corrected chi connectivity index (χ0v) is 14.3. The number of nitrogens with two attached hydrogens (primary N) is 1. The number of fused-ring (bicyclic) bond motifs is 1. The van der Waals surface area contributed by atoms with Crippen LogP contribution in [0.3, 0.4) is 0 Å². The highest BCUT2D eigenvalue weighted by molar-refractivity contribution is 7.20. The van der Waals surface area contributed by atoms with E-state index >= 15 is 0 Å². The molecule has 3 N–H and O–H groups in total. The third-order valence-corrected chi connectivity index (χ3v) is 4.74. The van der Waals surface area contributed by atoms with Gasteiger partial charge in [0.15, 0.2) is 11.5 Å². The number of hydrogen-bond acceptors (Lipinski definition) is 5. The summed E-state index contributed by atoms with van der Waals surface area (Å²) < 4.78 is 17.4. The fourth-order valence-electron chi connectivity index (χ4n) is 2.37. The number of hydrogen-bond donors (Lipinski definition) is 2. The van der Waals surface area contributed by atoms with Gasteiger partial charge in [-0.15, -0.1) is 11.3 Å². The fourth-order valence-corrected chi connectivity index (χ4v) is 3.32. The first-order valence-electron chi connectivity index (χ1n) is 7.32. The molecule has 0 saturated carbocycles. The molecule has 0 aliphatic heterocycles. The lowest BCUT2D eigenvalue weighted by atomic mass is 10.2. The van der Waals surface area contributed by atoms with Crippen LogP contribution in [0, 0.1) is 5.41 Å². The summed E-state index contributed by atoms with van der Waals surface area (Å²) in [6.07, 6.45) is 0. The van der Waals surface area contributed by atoms with Crippen LogP contribution in [0.15, 0.2) is 42.5 Å². The van der Waals surface area contributed by atoms with E-state index in [1.165, 1.54) is 11.3 Å². The van der Waals surface area contributed by atoms with E-state index in [9.17, 15) is 0 Å². The summed E-state index contributed by atoms with van der Waals surface area (Å²) in [4.78, 5) is 0.766. The van der Waals surface area contributed by atoms with E-state index in [4.69, 9.17) is 25.4 Å². The highest BCUT2D eigenvalue weighted by Crippen LogP contribution is 2.30. The molecule has 2 aromatic carbocycles. The minimum absolute atomic E-state index is 0.0870. The Kier molecular flexibility index (Phi) is 4.57. The molecule has 0 bridgehead atoms. The van der Waals surface area contributed by atoms with Crippen molar-refractivity contribution >= 4 is 27.3 Å². The maximum atomic E-state index is 7.52. The van der Waals surface area contributed by atoms with E-state index in [0.717, 1.165) is 26.3 Å². The smallest absolute Gasteiger partial charge is 0.161 e. The summed E-state index contributed by atoms with van der Waals surface area (Å²) in [6, 6.07) is 13.5. The number of thiophene rings is 1. The molecule has 3 aromatic rings. The number of amidine groups is 1. The third kappa shape index (κ3) is 3.28. The predicted octanol–water partition coefficient (Wildman–Crippen LogP) is 3.78. The van der Waals surface area contributed by atoms with Crippen LogP contribution in [0.25, 0.3) is 10.1 Å². The molecule has 0 radical (unpaired) electrons. The van der Waals surface area contributed by atoms with Gasteiger partial charge in [0.25, 0.3) is 0 Å². The monoisotopic (exact) mass is 342 g/mol. The second-order valence-electron chi connectivity index (χ2n) is 5.20. The van der Waals surface area contributed by atoms with E-state index in [1.807, 2.05) is 42.5 Å². The van der Waals surface area contributed by atoms with Crippen molar-refractivity contribution in [2.75, 3.05) is 14.2 Å². The van der Waals surface area contributed by atoms with Crippen LogP contribution in [0.4, 0.5) is 0 Å². The van der Waals surface area contributed by atoms with Crippen molar-refractivity contribution in [1.82, 2.24) is 0 Å². The standard InChI is InChI=1S/C18H18N2O3S/c1-21-14-6-3-11(7-15(14)22-2)10-23-13-5-4-12-8-17(18(19)20)24-16(12)9-13/h3-9H,10H2,1-2H3,(H3,19,20). The van der Waals surface area contributed by atoms with Crippen molar-refractivity contribution < 1.29 is 14.2 Å². The van der Waals surface area contributed by atoms with Crippen LogP contribution in [0.1, 0.15) is 10.4 Å². The molecular weight excluding hydrogens is 324 g/mol. The number of nitrogens with one attached hydrogen (secondary N) is 1. The van der Waals surface area contributed by atoms with Gasteiger partial charge in [-0.25, -0.2) is 0 Å². The van der Waals surface area contributed by atoms with E-state index in [2.05, 4.69) is 0 Å². The molecule has 0 saturated heterocycles. The summed E-state index contributed by atoms with van der Waals surface area (Å²) in [5.41, 5.74) is 6.53. The van der Waals surface area contributed by atoms with Crippen LogP contribution in [-0.4, -0.2) is 20.1 Å². The molecule has 6 heteroatoms. The Morgan fingerprint density at radius 2 is 1.83 bits per heavy atom. The van der Waals surface area contributed by atoms with Gasteiger partial charge in [-0.3, -0.25) is 5.41 Å². The quantitative estimate of drug-likeness (QED) is 0.528. The molecular formula is C18H18N2O3S. The minimum Gasteiger partial charge on any atom is -0.493 e. The maximum absolute atomic E-state index is 7.52. The van der Waals surface area contributed by atoms with Crippen molar-refractivity contribution in [3.05, 3.63) is 52.9 Å². The lowest BCUT2D eigenvalue weighted by Crippen LogP contribution is -2.08. The normalized spacial score (nSPS) is 10.6.